The summed E-state index contributed by atoms with van der Waals surface area (Å²) in [5, 5.41) is 0. The highest BCUT2D eigenvalue weighted by Crippen LogP contribution is 2.48. The Morgan fingerprint density at radius 3 is 1.24 bits per heavy atom. The van der Waals surface area contributed by atoms with Crippen molar-refractivity contribution >= 4 is 16.6 Å². The van der Waals surface area contributed by atoms with Crippen LogP contribution in [0.25, 0.3) is 0 Å². The molecule has 0 bridgehead atoms. The highest BCUT2D eigenvalue weighted by atomic mass is 28.4. The smallest absolute Gasteiger partial charge is 0.183 e. The van der Waals surface area contributed by atoms with Crippen LogP contribution in [0.3, 0.4) is 0 Å². The molecule has 2 nitrogen and oxygen atoms in total. The van der Waals surface area contributed by atoms with Gasteiger partial charge in [0.05, 0.1) is 0 Å². The summed E-state index contributed by atoms with van der Waals surface area (Å²) in [4.78, 5) is 0. The van der Waals surface area contributed by atoms with Crippen LogP contribution >= 0.6 is 0 Å². The third-order valence-electron chi connectivity index (χ3n) is 5.03. The van der Waals surface area contributed by atoms with E-state index in [0.717, 1.165) is 26.1 Å². The van der Waals surface area contributed by atoms with E-state index < -0.39 is 16.6 Å². The Bertz CT molecular complexity index is 473. The van der Waals surface area contributed by atoms with Gasteiger partial charge in [-0.05, 0) is 57.5 Å². The van der Waals surface area contributed by atoms with Crippen molar-refractivity contribution in [3.8, 4) is 0 Å². The first-order valence-corrected chi connectivity index (χ1v) is 16.4. The van der Waals surface area contributed by atoms with Crippen molar-refractivity contribution in [3.05, 3.63) is 48.6 Å². The van der Waals surface area contributed by atoms with E-state index in [-0.39, 0.29) is 5.41 Å². The second kappa shape index (κ2) is 8.34. The Kier molecular flexibility index (Phi) is 6.88. The molecule has 2 aliphatic rings. The molecule has 0 aromatic rings. The molecule has 0 saturated carbocycles. The SMILES string of the molecule is C[Si](C)(C)OCCC(CCO[Si](C)(C)C)(C1C=CC=C1)C1C=CC=C1. The third-order valence-corrected chi connectivity index (χ3v) is 7.17. The van der Waals surface area contributed by atoms with Crippen LogP contribution in [-0.2, 0) is 8.85 Å². The maximum absolute atomic E-state index is 6.26. The Morgan fingerprint density at radius 1 is 0.640 bits per heavy atom. The van der Waals surface area contributed by atoms with Crippen molar-refractivity contribution < 1.29 is 8.85 Å². The zero-order chi connectivity index (χ0) is 18.6. The molecule has 0 atom stereocenters. The number of hydrogen-bond acceptors (Lipinski definition) is 2. The molecule has 2 aliphatic carbocycles. The molecule has 0 aromatic carbocycles. The first kappa shape index (κ1) is 20.6. The average Bonchev–Trinajstić information content (AvgIpc) is 3.17. The topological polar surface area (TPSA) is 18.5 Å². The van der Waals surface area contributed by atoms with E-state index in [9.17, 15) is 0 Å². The zero-order valence-electron chi connectivity index (χ0n) is 16.9. The predicted molar refractivity (Wildman–Crippen MR) is 114 cm³/mol. The Balaban J connectivity index is 2.19. The lowest BCUT2D eigenvalue weighted by Crippen LogP contribution is -2.39. The fraction of sp³-hybridized carbons (Fsp3) is 0.619. The molecule has 0 spiro atoms. The number of allylic oxidation sites excluding steroid dienone is 8. The van der Waals surface area contributed by atoms with E-state index in [2.05, 4.69) is 87.9 Å². The normalized spacial score (nSPS) is 18.8. The maximum Gasteiger partial charge on any atom is 0.183 e. The number of hydrogen-bond donors (Lipinski definition) is 0. The molecule has 0 N–H and O–H groups in total. The summed E-state index contributed by atoms with van der Waals surface area (Å²) in [5.74, 6) is 0.917. The maximum atomic E-state index is 6.26. The van der Waals surface area contributed by atoms with Gasteiger partial charge in [0.25, 0.3) is 0 Å². The largest absolute Gasteiger partial charge is 0.418 e. The van der Waals surface area contributed by atoms with Crippen LogP contribution in [0.5, 0.6) is 0 Å². The van der Waals surface area contributed by atoms with Crippen LogP contribution in [0.15, 0.2) is 48.6 Å². The van der Waals surface area contributed by atoms with Crippen LogP contribution in [0.1, 0.15) is 12.8 Å². The van der Waals surface area contributed by atoms with Crippen LogP contribution < -0.4 is 0 Å². The van der Waals surface area contributed by atoms with Gasteiger partial charge in [0.1, 0.15) is 0 Å². The summed E-state index contributed by atoms with van der Waals surface area (Å²) in [6.45, 7) is 15.3. The molecule has 0 radical (unpaired) electrons. The van der Waals surface area contributed by atoms with Crippen molar-refractivity contribution in [2.45, 2.75) is 52.1 Å². The molecule has 0 saturated heterocycles. The molecule has 0 amide bonds. The van der Waals surface area contributed by atoms with E-state index in [4.69, 9.17) is 8.85 Å². The Labute approximate surface area is 157 Å². The van der Waals surface area contributed by atoms with Crippen molar-refractivity contribution in [2.24, 2.45) is 17.3 Å². The van der Waals surface area contributed by atoms with Crippen LogP contribution in [0, 0.1) is 17.3 Å². The predicted octanol–water partition coefficient (Wildman–Crippen LogP) is 5.94. The highest BCUT2D eigenvalue weighted by molar-refractivity contribution is 6.70. The van der Waals surface area contributed by atoms with Gasteiger partial charge >= 0.3 is 0 Å². The Hall–Kier alpha value is -0.686. The van der Waals surface area contributed by atoms with Crippen LogP contribution in [0.4, 0.5) is 0 Å². The monoisotopic (exact) mass is 376 g/mol. The van der Waals surface area contributed by atoms with Crippen molar-refractivity contribution in [1.29, 1.82) is 0 Å². The second-order valence-electron chi connectivity index (χ2n) is 9.25. The van der Waals surface area contributed by atoms with Crippen molar-refractivity contribution in [3.63, 3.8) is 0 Å². The van der Waals surface area contributed by atoms with Crippen molar-refractivity contribution in [2.75, 3.05) is 13.2 Å². The molecular formula is C21H36O2Si2. The van der Waals surface area contributed by atoms with E-state index in [1.807, 2.05) is 0 Å². The summed E-state index contributed by atoms with van der Waals surface area (Å²) in [7, 11) is -2.99. The first-order valence-electron chi connectivity index (χ1n) is 9.60. The van der Waals surface area contributed by atoms with Crippen LogP contribution in [0.2, 0.25) is 39.3 Å². The fourth-order valence-corrected chi connectivity index (χ4v) is 5.17. The summed E-state index contributed by atoms with van der Waals surface area (Å²) in [5.41, 5.74) is 0.145. The lowest BCUT2D eigenvalue weighted by molar-refractivity contribution is 0.0928. The van der Waals surface area contributed by atoms with E-state index in [0.29, 0.717) is 11.8 Å². The Morgan fingerprint density at radius 2 is 0.960 bits per heavy atom. The van der Waals surface area contributed by atoms with Gasteiger partial charge in [0, 0.05) is 25.0 Å². The zero-order valence-corrected chi connectivity index (χ0v) is 18.9. The fourth-order valence-electron chi connectivity index (χ4n) is 3.74. The summed E-state index contributed by atoms with van der Waals surface area (Å²) in [6, 6.07) is 0. The quantitative estimate of drug-likeness (QED) is 0.439. The van der Waals surface area contributed by atoms with E-state index in [1.54, 1.807) is 0 Å². The van der Waals surface area contributed by atoms with Gasteiger partial charge in [-0.2, -0.15) is 0 Å². The molecule has 0 unspecified atom stereocenters. The van der Waals surface area contributed by atoms with Gasteiger partial charge in [0.2, 0.25) is 0 Å². The standard InChI is InChI=1S/C21H36O2Si2/c1-24(2,3)22-17-15-21(19-11-7-8-12-19,20-13-9-10-14-20)16-18-23-25(4,5)6/h7-14,19-20H,15-18H2,1-6H3. The lowest BCUT2D eigenvalue weighted by atomic mass is 9.63. The van der Waals surface area contributed by atoms with Crippen LogP contribution in [-0.4, -0.2) is 29.8 Å². The van der Waals surface area contributed by atoms with Crippen molar-refractivity contribution in [1.82, 2.24) is 0 Å². The number of rotatable bonds is 10. The summed E-state index contributed by atoms with van der Waals surface area (Å²) >= 11 is 0. The minimum absolute atomic E-state index is 0.145. The van der Waals surface area contributed by atoms with E-state index >= 15 is 0 Å². The molecule has 0 fully saturated rings. The third kappa shape index (κ3) is 6.21. The van der Waals surface area contributed by atoms with Gasteiger partial charge in [-0.1, -0.05) is 48.6 Å². The van der Waals surface area contributed by atoms with E-state index in [1.165, 1.54) is 0 Å². The molecule has 0 aliphatic heterocycles. The molecular weight excluding hydrogens is 340 g/mol. The average molecular weight is 377 g/mol. The van der Waals surface area contributed by atoms with Gasteiger partial charge in [-0.25, -0.2) is 0 Å². The molecule has 4 heteroatoms. The summed E-state index contributed by atoms with van der Waals surface area (Å²) < 4.78 is 12.5. The minimum atomic E-state index is -1.49. The van der Waals surface area contributed by atoms with Gasteiger partial charge < -0.3 is 8.85 Å². The second-order valence-corrected chi connectivity index (χ2v) is 18.3. The highest BCUT2D eigenvalue weighted by Gasteiger charge is 2.42. The van der Waals surface area contributed by atoms with Gasteiger partial charge in [-0.3, -0.25) is 0 Å². The molecule has 25 heavy (non-hydrogen) atoms. The lowest BCUT2D eigenvalue weighted by Gasteiger charge is -2.43. The molecule has 140 valence electrons. The molecule has 2 rings (SSSR count). The summed E-state index contributed by atoms with van der Waals surface area (Å²) in [6.07, 6.45) is 20.4. The van der Waals surface area contributed by atoms with Gasteiger partial charge in [0.15, 0.2) is 16.6 Å². The molecule has 0 aromatic heterocycles. The minimum Gasteiger partial charge on any atom is -0.418 e. The van der Waals surface area contributed by atoms with Gasteiger partial charge in [-0.15, -0.1) is 0 Å². The molecule has 0 heterocycles. The first-order chi connectivity index (χ1) is 11.6.